The van der Waals surface area contributed by atoms with E-state index in [4.69, 9.17) is 4.74 Å². The van der Waals surface area contributed by atoms with Crippen LogP contribution in [0.5, 0.6) is 0 Å². The standard InChI is InChI=1S/C23H35N3O2/c27-23(16-19-7-11-24-12-8-19)26(18-22-6-3-15-28-22)17-20-9-13-25(14-10-20)21-4-1-2-5-21/h7-8,11-12,20-22H,1-6,9-10,13-18H2/t22-/m1/s1. The molecule has 1 aliphatic carbocycles. The average Bonchev–Trinajstić information content (AvgIpc) is 3.43. The molecule has 0 N–H and O–H groups in total. The van der Waals surface area contributed by atoms with Crippen LogP contribution in [0.25, 0.3) is 0 Å². The van der Waals surface area contributed by atoms with E-state index >= 15 is 0 Å². The first-order valence-corrected chi connectivity index (χ1v) is 11.3. The van der Waals surface area contributed by atoms with Crippen molar-refractivity contribution in [2.24, 2.45) is 5.92 Å². The zero-order chi connectivity index (χ0) is 19.2. The first-order chi connectivity index (χ1) is 13.8. The molecule has 2 saturated heterocycles. The molecular weight excluding hydrogens is 350 g/mol. The molecule has 2 aliphatic heterocycles. The van der Waals surface area contributed by atoms with E-state index in [1.165, 1.54) is 51.6 Å². The molecule has 1 aromatic heterocycles. The van der Waals surface area contributed by atoms with Crippen LogP contribution in [0.15, 0.2) is 24.5 Å². The number of aromatic nitrogens is 1. The molecule has 1 aromatic rings. The van der Waals surface area contributed by atoms with Gasteiger partial charge in [0.2, 0.25) is 5.91 Å². The summed E-state index contributed by atoms with van der Waals surface area (Å²) in [6.45, 7) is 4.91. The summed E-state index contributed by atoms with van der Waals surface area (Å²) in [4.78, 5) is 22.0. The molecule has 0 spiro atoms. The highest BCUT2D eigenvalue weighted by molar-refractivity contribution is 5.78. The smallest absolute Gasteiger partial charge is 0.227 e. The van der Waals surface area contributed by atoms with Gasteiger partial charge in [-0.25, -0.2) is 0 Å². The second kappa shape index (κ2) is 9.84. The van der Waals surface area contributed by atoms with Gasteiger partial charge in [-0.3, -0.25) is 9.78 Å². The van der Waals surface area contributed by atoms with Crippen LogP contribution in [-0.4, -0.2) is 65.6 Å². The Bertz CT molecular complexity index is 604. The van der Waals surface area contributed by atoms with Gasteiger partial charge >= 0.3 is 0 Å². The monoisotopic (exact) mass is 385 g/mol. The predicted molar refractivity (Wildman–Crippen MR) is 110 cm³/mol. The van der Waals surface area contributed by atoms with Crippen molar-refractivity contribution in [2.75, 3.05) is 32.8 Å². The Morgan fingerprint density at radius 2 is 1.79 bits per heavy atom. The largest absolute Gasteiger partial charge is 0.376 e. The van der Waals surface area contributed by atoms with Gasteiger partial charge in [-0.1, -0.05) is 12.8 Å². The van der Waals surface area contributed by atoms with E-state index in [1.807, 2.05) is 12.1 Å². The van der Waals surface area contributed by atoms with Crippen LogP contribution >= 0.6 is 0 Å². The quantitative estimate of drug-likeness (QED) is 0.723. The van der Waals surface area contributed by atoms with Crippen LogP contribution in [0.4, 0.5) is 0 Å². The Kier molecular flexibility index (Phi) is 6.97. The summed E-state index contributed by atoms with van der Waals surface area (Å²) in [6, 6.07) is 4.72. The van der Waals surface area contributed by atoms with Crippen molar-refractivity contribution in [1.82, 2.24) is 14.8 Å². The summed E-state index contributed by atoms with van der Waals surface area (Å²) in [7, 11) is 0. The molecule has 3 aliphatic rings. The molecule has 0 aromatic carbocycles. The summed E-state index contributed by atoms with van der Waals surface area (Å²) in [5.74, 6) is 0.861. The van der Waals surface area contributed by atoms with E-state index in [9.17, 15) is 4.79 Å². The molecule has 5 nitrogen and oxygen atoms in total. The summed E-state index contributed by atoms with van der Waals surface area (Å²) < 4.78 is 5.85. The van der Waals surface area contributed by atoms with E-state index in [0.29, 0.717) is 12.3 Å². The number of carbonyl (C=O) groups excluding carboxylic acids is 1. The van der Waals surface area contributed by atoms with E-state index in [1.54, 1.807) is 12.4 Å². The summed E-state index contributed by atoms with van der Waals surface area (Å²) in [5.41, 5.74) is 1.05. The molecule has 5 heteroatoms. The molecule has 1 atom stereocenters. The van der Waals surface area contributed by atoms with Gasteiger partial charge in [0, 0.05) is 38.1 Å². The number of ether oxygens (including phenoxy) is 1. The van der Waals surface area contributed by atoms with Gasteiger partial charge < -0.3 is 14.5 Å². The van der Waals surface area contributed by atoms with Crippen molar-refractivity contribution in [3.8, 4) is 0 Å². The molecule has 3 fully saturated rings. The Morgan fingerprint density at radius 1 is 1.04 bits per heavy atom. The van der Waals surface area contributed by atoms with Crippen LogP contribution in [0.1, 0.15) is 56.9 Å². The number of pyridine rings is 1. The van der Waals surface area contributed by atoms with Crippen LogP contribution in [0, 0.1) is 5.92 Å². The second-order valence-electron chi connectivity index (χ2n) is 8.88. The number of nitrogens with zero attached hydrogens (tertiary/aromatic N) is 3. The van der Waals surface area contributed by atoms with E-state index in [0.717, 1.165) is 44.1 Å². The first kappa shape index (κ1) is 19.8. The van der Waals surface area contributed by atoms with Crippen LogP contribution in [-0.2, 0) is 16.0 Å². The van der Waals surface area contributed by atoms with Gasteiger partial charge in [0.15, 0.2) is 0 Å². The average molecular weight is 386 g/mol. The minimum Gasteiger partial charge on any atom is -0.376 e. The number of likely N-dealkylation sites (tertiary alicyclic amines) is 1. The Balaban J connectivity index is 1.32. The minimum atomic E-state index is 0.222. The fourth-order valence-corrected chi connectivity index (χ4v) is 5.18. The topological polar surface area (TPSA) is 45.7 Å². The highest BCUT2D eigenvalue weighted by Gasteiger charge is 2.30. The summed E-state index contributed by atoms with van der Waals surface area (Å²) in [6.07, 6.45) is 14.5. The lowest BCUT2D eigenvalue weighted by Crippen LogP contribution is -2.45. The summed E-state index contributed by atoms with van der Waals surface area (Å²) in [5, 5.41) is 0. The van der Waals surface area contributed by atoms with Gasteiger partial charge in [-0.05, 0) is 75.2 Å². The molecule has 28 heavy (non-hydrogen) atoms. The fraction of sp³-hybridized carbons (Fsp3) is 0.739. The van der Waals surface area contributed by atoms with E-state index < -0.39 is 0 Å². The highest BCUT2D eigenvalue weighted by Crippen LogP contribution is 2.28. The molecule has 0 radical (unpaired) electrons. The number of piperidine rings is 1. The van der Waals surface area contributed by atoms with Crippen LogP contribution < -0.4 is 0 Å². The maximum absolute atomic E-state index is 13.1. The summed E-state index contributed by atoms with van der Waals surface area (Å²) >= 11 is 0. The van der Waals surface area contributed by atoms with Gasteiger partial charge in [0.25, 0.3) is 0 Å². The number of hydrogen-bond donors (Lipinski definition) is 0. The maximum Gasteiger partial charge on any atom is 0.227 e. The normalized spacial score (nSPS) is 24.6. The zero-order valence-corrected chi connectivity index (χ0v) is 17.1. The Morgan fingerprint density at radius 3 is 2.46 bits per heavy atom. The molecule has 1 saturated carbocycles. The molecular formula is C23H35N3O2. The molecule has 4 rings (SSSR count). The number of carbonyl (C=O) groups is 1. The number of rotatable bonds is 7. The molecule has 0 unspecified atom stereocenters. The molecule has 0 bridgehead atoms. The lowest BCUT2D eigenvalue weighted by molar-refractivity contribution is -0.133. The second-order valence-corrected chi connectivity index (χ2v) is 8.88. The third-order valence-corrected chi connectivity index (χ3v) is 6.87. The van der Waals surface area contributed by atoms with Crippen molar-refractivity contribution < 1.29 is 9.53 Å². The fourth-order valence-electron chi connectivity index (χ4n) is 5.18. The number of amides is 1. The van der Waals surface area contributed by atoms with Crippen molar-refractivity contribution >= 4 is 5.91 Å². The van der Waals surface area contributed by atoms with Gasteiger partial charge in [0.1, 0.15) is 0 Å². The minimum absolute atomic E-state index is 0.222. The third-order valence-electron chi connectivity index (χ3n) is 6.87. The lowest BCUT2D eigenvalue weighted by Gasteiger charge is -2.38. The molecule has 3 heterocycles. The van der Waals surface area contributed by atoms with Gasteiger partial charge in [-0.2, -0.15) is 0 Å². The van der Waals surface area contributed by atoms with Crippen molar-refractivity contribution in [3.63, 3.8) is 0 Å². The molecule has 154 valence electrons. The number of hydrogen-bond acceptors (Lipinski definition) is 4. The first-order valence-electron chi connectivity index (χ1n) is 11.3. The van der Waals surface area contributed by atoms with Gasteiger partial charge in [-0.15, -0.1) is 0 Å². The van der Waals surface area contributed by atoms with Crippen molar-refractivity contribution in [3.05, 3.63) is 30.1 Å². The SMILES string of the molecule is O=C(Cc1ccncc1)N(CC1CCN(C2CCCC2)CC1)C[C@H]1CCCO1. The van der Waals surface area contributed by atoms with Crippen LogP contribution in [0.3, 0.4) is 0 Å². The Hall–Kier alpha value is -1.46. The van der Waals surface area contributed by atoms with E-state index in [-0.39, 0.29) is 12.0 Å². The lowest BCUT2D eigenvalue weighted by atomic mass is 9.94. The molecule has 1 amide bonds. The van der Waals surface area contributed by atoms with Crippen molar-refractivity contribution in [1.29, 1.82) is 0 Å². The predicted octanol–water partition coefficient (Wildman–Crippen LogP) is 3.29. The van der Waals surface area contributed by atoms with Crippen LogP contribution in [0.2, 0.25) is 0 Å². The maximum atomic E-state index is 13.1. The Labute approximate surface area is 169 Å². The third kappa shape index (κ3) is 5.32. The van der Waals surface area contributed by atoms with Gasteiger partial charge in [0.05, 0.1) is 12.5 Å². The highest BCUT2D eigenvalue weighted by atomic mass is 16.5. The van der Waals surface area contributed by atoms with Crippen molar-refractivity contribution in [2.45, 2.75) is 69.9 Å². The van der Waals surface area contributed by atoms with E-state index in [2.05, 4.69) is 14.8 Å². The zero-order valence-electron chi connectivity index (χ0n) is 17.1.